The first-order valence-electron chi connectivity index (χ1n) is 4.66. The van der Waals surface area contributed by atoms with Crippen molar-refractivity contribution in [2.75, 3.05) is 0 Å². The van der Waals surface area contributed by atoms with Gasteiger partial charge in [-0.3, -0.25) is 4.79 Å². The first-order valence-corrected chi connectivity index (χ1v) is 5.44. The van der Waals surface area contributed by atoms with Crippen molar-refractivity contribution in [3.63, 3.8) is 0 Å². The molecule has 0 aliphatic heterocycles. The van der Waals surface area contributed by atoms with Gasteiger partial charge in [-0.2, -0.15) is 0 Å². The number of hydrogen-bond donors (Lipinski definition) is 0. The Labute approximate surface area is 91.9 Å². The van der Waals surface area contributed by atoms with E-state index in [-0.39, 0.29) is 5.78 Å². The van der Waals surface area contributed by atoms with E-state index in [4.69, 9.17) is 0 Å². The number of hydrogen-bond acceptors (Lipinski definition) is 4. The number of nitrogens with zero attached hydrogens (tertiary/aromatic N) is 2. The fourth-order valence-electron chi connectivity index (χ4n) is 1.35. The molecule has 15 heavy (non-hydrogen) atoms. The third kappa shape index (κ3) is 2.95. The molecular weight excluding hydrogens is 208 g/mol. The number of carbonyl (C=O) groups is 1. The van der Waals surface area contributed by atoms with Crippen LogP contribution >= 0.6 is 11.5 Å². The minimum absolute atomic E-state index is 0.201. The number of benzene rings is 1. The van der Waals surface area contributed by atoms with Gasteiger partial charge in [0.05, 0.1) is 11.1 Å². The van der Waals surface area contributed by atoms with Crippen LogP contribution < -0.4 is 0 Å². The highest BCUT2D eigenvalue weighted by atomic mass is 32.1. The maximum atomic E-state index is 11.6. The van der Waals surface area contributed by atoms with E-state index < -0.39 is 0 Å². The van der Waals surface area contributed by atoms with Gasteiger partial charge in [0.2, 0.25) is 0 Å². The van der Waals surface area contributed by atoms with Crippen molar-refractivity contribution < 1.29 is 4.79 Å². The van der Waals surface area contributed by atoms with Crippen molar-refractivity contribution in [3.05, 3.63) is 47.0 Å². The first-order chi connectivity index (χ1) is 7.34. The highest BCUT2D eigenvalue weighted by Gasteiger charge is 2.06. The Morgan fingerprint density at radius 3 is 2.67 bits per heavy atom. The maximum absolute atomic E-state index is 11.6. The Morgan fingerprint density at radius 2 is 2.00 bits per heavy atom. The molecule has 1 heterocycles. The monoisotopic (exact) mass is 218 g/mol. The van der Waals surface area contributed by atoms with Gasteiger partial charge in [0.25, 0.3) is 0 Å². The Balaban J connectivity index is 1.94. The zero-order valence-electron chi connectivity index (χ0n) is 8.09. The molecule has 1 aromatic carbocycles. The van der Waals surface area contributed by atoms with Crippen LogP contribution in [-0.4, -0.2) is 15.4 Å². The molecular formula is C11H10N2OS. The Morgan fingerprint density at radius 1 is 1.20 bits per heavy atom. The van der Waals surface area contributed by atoms with Crippen molar-refractivity contribution in [1.29, 1.82) is 0 Å². The van der Waals surface area contributed by atoms with E-state index in [0.29, 0.717) is 12.8 Å². The van der Waals surface area contributed by atoms with Gasteiger partial charge < -0.3 is 0 Å². The van der Waals surface area contributed by atoms with Crippen LogP contribution in [0.1, 0.15) is 10.4 Å². The van der Waals surface area contributed by atoms with Gasteiger partial charge in [-0.15, -0.1) is 5.10 Å². The predicted octanol–water partition coefficient (Wildman–Crippen LogP) is 1.89. The van der Waals surface area contributed by atoms with Crippen LogP contribution in [0.2, 0.25) is 0 Å². The van der Waals surface area contributed by atoms with Crippen LogP contribution in [-0.2, 0) is 17.6 Å². The van der Waals surface area contributed by atoms with E-state index in [2.05, 4.69) is 9.59 Å². The molecule has 2 rings (SSSR count). The topological polar surface area (TPSA) is 42.9 Å². The Hall–Kier alpha value is -1.55. The molecule has 0 spiro atoms. The van der Waals surface area contributed by atoms with E-state index in [0.717, 1.165) is 10.4 Å². The van der Waals surface area contributed by atoms with Crippen molar-refractivity contribution in [3.8, 4) is 0 Å². The summed E-state index contributed by atoms with van der Waals surface area (Å²) < 4.78 is 3.72. The number of carbonyl (C=O) groups excluding carboxylic acids is 1. The van der Waals surface area contributed by atoms with Crippen molar-refractivity contribution in [2.45, 2.75) is 12.8 Å². The molecule has 0 N–H and O–H groups in total. The molecule has 0 atom stereocenters. The quantitative estimate of drug-likeness (QED) is 0.787. The third-order valence-electron chi connectivity index (χ3n) is 2.02. The lowest BCUT2D eigenvalue weighted by molar-refractivity contribution is -0.117. The summed E-state index contributed by atoms with van der Waals surface area (Å²) in [6, 6.07) is 9.75. The number of rotatable bonds is 4. The lowest BCUT2D eigenvalue weighted by Gasteiger charge is -1.98. The predicted molar refractivity (Wildman–Crippen MR) is 58.8 cm³/mol. The summed E-state index contributed by atoms with van der Waals surface area (Å²) in [6.45, 7) is 0. The second kappa shape index (κ2) is 4.79. The number of ketones is 1. The summed E-state index contributed by atoms with van der Waals surface area (Å²) in [5.41, 5.74) is 1.06. The minimum Gasteiger partial charge on any atom is -0.299 e. The normalized spacial score (nSPS) is 10.1. The van der Waals surface area contributed by atoms with Gasteiger partial charge >= 0.3 is 0 Å². The average molecular weight is 218 g/mol. The first kappa shape index (κ1) is 9.98. The summed E-state index contributed by atoms with van der Waals surface area (Å²) in [5.74, 6) is 0.201. The van der Waals surface area contributed by atoms with E-state index in [1.165, 1.54) is 11.5 Å². The van der Waals surface area contributed by atoms with Gasteiger partial charge in [0, 0.05) is 12.8 Å². The lowest BCUT2D eigenvalue weighted by atomic mass is 10.1. The lowest BCUT2D eigenvalue weighted by Crippen LogP contribution is -2.05. The van der Waals surface area contributed by atoms with E-state index in [1.807, 2.05) is 30.3 Å². The van der Waals surface area contributed by atoms with E-state index in [1.54, 1.807) is 6.20 Å². The maximum Gasteiger partial charge on any atom is 0.142 e. The summed E-state index contributed by atoms with van der Waals surface area (Å²) in [7, 11) is 0. The smallest absolute Gasteiger partial charge is 0.142 e. The van der Waals surface area contributed by atoms with Crippen molar-refractivity contribution in [2.24, 2.45) is 0 Å². The van der Waals surface area contributed by atoms with Crippen LogP contribution in [0.3, 0.4) is 0 Å². The van der Waals surface area contributed by atoms with Gasteiger partial charge in [-0.05, 0) is 17.1 Å². The molecule has 0 radical (unpaired) electrons. The molecule has 3 nitrogen and oxygen atoms in total. The highest BCUT2D eigenvalue weighted by molar-refractivity contribution is 7.05. The molecule has 2 aromatic rings. The van der Waals surface area contributed by atoms with Crippen LogP contribution in [0.15, 0.2) is 36.5 Å². The van der Waals surface area contributed by atoms with Crippen LogP contribution in [0.4, 0.5) is 0 Å². The molecule has 0 bridgehead atoms. The molecule has 76 valence electrons. The van der Waals surface area contributed by atoms with Gasteiger partial charge in [-0.25, -0.2) is 0 Å². The number of Topliss-reactive ketones (excluding diaryl/α,β-unsaturated/α-hetero) is 1. The fourth-order valence-corrected chi connectivity index (χ4v) is 1.86. The highest BCUT2D eigenvalue weighted by Crippen LogP contribution is 2.07. The van der Waals surface area contributed by atoms with E-state index >= 15 is 0 Å². The number of aromatic nitrogens is 2. The molecule has 0 amide bonds. The SMILES string of the molecule is O=C(Cc1ccccc1)Cc1cnns1. The summed E-state index contributed by atoms with van der Waals surface area (Å²) >= 11 is 1.28. The average Bonchev–Trinajstić information content (AvgIpc) is 2.71. The third-order valence-corrected chi connectivity index (χ3v) is 2.68. The molecule has 0 fully saturated rings. The Kier molecular flexibility index (Phi) is 3.19. The second-order valence-electron chi connectivity index (χ2n) is 3.26. The summed E-state index contributed by atoms with van der Waals surface area (Å²) in [4.78, 5) is 12.6. The molecule has 0 unspecified atom stereocenters. The minimum atomic E-state index is 0.201. The van der Waals surface area contributed by atoms with Gasteiger partial charge in [0.1, 0.15) is 5.78 Å². The van der Waals surface area contributed by atoms with Gasteiger partial charge in [-0.1, -0.05) is 34.8 Å². The van der Waals surface area contributed by atoms with E-state index in [9.17, 15) is 4.79 Å². The molecule has 0 aliphatic carbocycles. The Bertz CT molecular complexity index is 425. The van der Waals surface area contributed by atoms with Gasteiger partial charge in [0.15, 0.2) is 0 Å². The summed E-state index contributed by atoms with van der Waals surface area (Å²) in [5, 5.41) is 3.70. The molecule has 0 aliphatic rings. The van der Waals surface area contributed by atoms with Crippen molar-refractivity contribution >= 4 is 17.3 Å². The molecule has 4 heteroatoms. The van der Waals surface area contributed by atoms with Crippen molar-refractivity contribution in [1.82, 2.24) is 9.59 Å². The van der Waals surface area contributed by atoms with Crippen LogP contribution in [0, 0.1) is 0 Å². The standard InChI is InChI=1S/C11H10N2OS/c14-10(7-11-8-12-13-15-11)6-9-4-2-1-3-5-9/h1-5,8H,6-7H2. The summed E-state index contributed by atoms with van der Waals surface area (Å²) in [6.07, 6.45) is 2.57. The molecule has 1 aromatic heterocycles. The zero-order valence-corrected chi connectivity index (χ0v) is 8.91. The molecule has 0 saturated heterocycles. The van der Waals surface area contributed by atoms with Crippen LogP contribution in [0.25, 0.3) is 0 Å². The second-order valence-corrected chi connectivity index (χ2v) is 4.13. The fraction of sp³-hybridized carbons (Fsp3) is 0.182. The largest absolute Gasteiger partial charge is 0.299 e. The molecule has 0 saturated carbocycles. The zero-order chi connectivity index (χ0) is 10.5. The van der Waals surface area contributed by atoms with Crippen LogP contribution in [0.5, 0.6) is 0 Å².